The minimum atomic E-state index is -0.371. The number of carbonyl (C=O) groups is 1. The van der Waals surface area contributed by atoms with Crippen LogP contribution < -0.4 is 0 Å². The highest BCUT2D eigenvalue weighted by atomic mass is 32.1. The minimum absolute atomic E-state index is 0.371. The second-order valence-corrected chi connectivity index (χ2v) is 3.83. The average Bonchev–Trinajstić information content (AvgIpc) is 2.33. The zero-order chi connectivity index (χ0) is 11.4. The fraction of sp³-hybridized carbons (Fsp3) is 0.0769. The third kappa shape index (κ3) is 2.44. The molecule has 1 aliphatic carbocycles. The van der Waals surface area contributed by atoms with Gasteiger partial charge in [0.2, 0.25) is 0 Å². The Hall–Kier alpha value is -1.74. The molecule has 16 heavy (non-hydrogen) atoms. The van der Waals surface area contributed by atoms with Gasteiger partial charge in [0, 0.05) is 6.42 Å². The molecule has 0 radical (unpaired) electrons. The van der Waals surface area contributed by atoms with Crippen molar-refractivity contribution in [3.8, 4) is 0 Å². The quantitative estimate of drug-likeness (QED) is 0.577. The summed E-state index contributed by atoms with van der Waals surface area (Å²) < 4.78 is 5.22. The van der Waals surface area contributed by atoms with Crippen molar-refractivity contribution in [2.75, 3.05) is 0 Å². The van der Waals surface area contributed by atoms with Gasteiger partial charge in [-0.05, 0) is 18.2 Å². The van der Waals surface area contributed by atoms with Crippen LogP contribution in [0.3, 0.4) is 0 Å². The van der Waals surface area contributed by atoms with E-state index in [1.54, 1.807) is 30.3 Å². The van der Waals surface area contributed by atoms with Gasteiger partial charge in [0.05, 0.1) is 10.4 Å². The second-order valence-electron chi connectivity index (χ2n) is 3.34. The van der Waals surface area contributed by atoms with Gasteiger partial charge in [0.15, 0.2) is 0 Å². The van der Waals surface area contributed by atoms with Gasteiger partial charge in [-0.3, -0.25) is 0 Å². The number of thiocarbonyl (C=S) groups is 1. The summed E-state index contributed by atoms with van der Waals surface area (Å²) in [5, 5.41) is 0. The zero-order valence-corrected chi connectivity index (χ0v) is 9.37. The van der Waals surface area contributed by atoms with Crippen LogP contribution in [0.4, 0.5) is 0 Å². The zero-order valence-electron chi connectivity index (χ0n) is 8.55. The molecular weight excluding hydrogens is 220 g/mol. The van der Waals surface area contributed by atoms with E-state index in [2.05, 4.69) is 0 Å². The van der Waals surface area contributed by atoms with E-state index in [0.717, 1.165) is 0 Å². The van der Waals surface area contributed by atoms with Crippen LogP contribution in [0.5, 0.6) is 0 Å². The van der Waals surface area contributed by atoms with Gasteiger partial charge in [-0.1, -0.05) is 42.6 Å². The maximum absolute atomic E-state index is 11.7. The van der Waals surface area contributed by atoms with Crippen molar-refractivity contribution in [1.82, 2.24) is 0 Å². The summed E-state index contributed by atoms with van der Waals surface area (Å²) in [7, 11) is 0. The van der Waals surface area contributed by atoms with Gasteiger partial charge in [0.25, 0.3) is 0 Å². The monoisotopic (exact) mass is 230 g/mol. The van der Waals surface area contributed by atoms with Crippen molar-refractivity contribution in [2.24, 2.45) is 0 Å². The molecule has 1 aromatic rings. The Morgan fingerprint density at radius 2 is 2.00 bits per heavy atom. The first-order valence-electron chi connectivity index (χ1n) is 4.94. The SMILES string of the molecule is O=C(OC1=CC=CCC1=S)c1ccccc1. The Kier molecular flexibility index (Phi) is 3.27. The predicted molar refractivity (Wildman–Crippen MR) is 66.3 cm³/mol. The van der Waals surface area contributed by atoms with Crippen molar-refractivity contribution in [3.63, 3.8) is 0 Å². The number of benzene rings is 1. The molecular formula is C13H10O2S. The van der Waals surface area contributed by atoms with E-state index in [4.69, 9.17) is 17.0 Å². The first kappa shape index (κ1) is 10.8. The summed E-state index contributed by atoms with van der Waals surface area (Å²) in [5.74, 6) is 0.107. The molecule has 1 aromatic carbocycles. The van der Waals surface area contributed by atoms with Gasteiger partial charge < -0.3 is 4.74 Å². The van der Waals surface area contributed by atoms with E-state index < -0.39 is 0 Å². The summed E-state index contributed by atoms with van der Waals surface area (Å²) in [6.07, 6.45) is 6.14. The highest BCUT2D eigenvalue weighted by Crippen LogP contribution is 2.13. The van der Waals surface area contributed by atoms with E-state index in [1.807, 2.05) is 18.2 Å². The lowest BCUT2D eigenvalue weighted by Gasteiger charge is -2.10. The van der Waals surface area contributed by atoms with Crippen molar-refractivity contribution >= 4 is 23.1 Å². The van der Waals surface area contributed by atoms with E-state index >= 15 is 0 Å². The number of rotatable bonds is 2. The molecule has 0 saturated heterocycles. The summed E-state index contributed by atoms with van der Waals surface area (Å²) >= 11 is 5.10. The maximum atomic E-state index is 11.7. The van der Waals surface area contributed by atoms with Crippen molar-refractivity contribution in [2.45, 2.75) is 6.42 Å². The normalized spacial score (nSPS) is 14.5. The average molecular weight is 230 g/mol. The largest absolute Gasteiger partial charge is 0.422 e. The van der Waals surface area contributed by atoms with Crippen molar-refractivity contribution < 1.29 is 9.53 Å². The van der Waals surface area contributed by atoms with Gasteiger partial charge in [0.1, 0.15) is 5.76 Å². The van der Waals surface area contributed by atoms with Gasteiger partial charge in [-0.2, -0.15) is 0 Å². The number of hydrogen-bond acceptors (Lipinski definition) is 3. The fourth-order valence-corrected chi connectivity index (χ4v) is 1.55. The third-order valence-corrected chi connectivity index (χ3v) is 2.54. The highest BCUT2D eigenvalue weighted by Gasteiger charge is 2.13. The van der Waals surface area contributed by atoms with E-state index in [-0.39, 0.29) is 5.97 Å². The lowest BCUT2D eigenvalue weighted by Crippen LogP contribution is -2.11. The summed E-state index contributed by atoms with van der Waals surface area (Å²) in [6, 6.07) is 8.87. The smallest absolute Gasteiger partial charge is 0.343 e. The van der Waals surface area contributed by atoms with Gasteiger partial charge in [-0.15, -0.1) is 0 Å². The number of hydrogen-bond donors (Lipinski definition) is 0. The van der Waals surface area contributed by atoms with Crippen LogP contribution in [0.1, 0.15) is 16.8 Å². The predicted octanol–water partition coefficient (Wildman–Crippen LogP) is 3.06. The molecule has 0 aromatic heterocycles. The summed E-state index contributed by atoms with van der Waals surface area (Å²) in [4.78, 5) is 12.4. The Morgan fingerprint density at radius 3 is 2.69 bits per heavy atom. The van der Waals surface area contributed by atoms with E-state index in [1.165, 1.54) is 0 Å². The van der Waals surface area contributed by atoms with Crippen LogP contribution >= 0.6 is 12.2 Å². The van der Waals surface area contributed by atoms with Crippen molar-refractivity contribution in [1.29, 1.82) is 0 Å². The number of allylic oxidation sites excluding steroid dienone is 4. The van der Waals surface area contributed by atoms with Crippen LogP contribution in [-0.2, 0) is 4.74 Å². The molecule has 2 rings (SSSR count). The molecule has 0 saturated carbocycles. The minimum Gasteiger partial charge on any atom is -0.422 e. The summed E-state index contributed by atoms with van der Waals surface area (Å²) in [6.45, 7) is 0. The van der Waals surface area contributed by atoms with E-state index in [9.17, 15) is 4.79 Å². The third-order valence-electron chi connectivity index (χ3n) is 2.17. The Balaban J connectivity index is 2.11. The second kappa shape index (κ2) is 4.86. The molecule has 1 aliphatic rings. The van der Waals surface area contributed by atoms with E-state index in [0.29, 0.717) is 22.6 Å². The topological polar surface area (TPSA) is 26.3 Å². The molecule has 0 heterocycles. The number of esters is 1. The molecule has 2 nitrogen and oxygen atoms in total. The highest BCUT2D eigenvalue weighted by molar-refractivity contribution is 7.80. The first-order chi connectivity index (χ1) is 7.77. The fourth-order valence-electron chi connectivity index (χ4n) is 1.35. The molecule has 3 heteroatoms. The molecule has 0 bridgehead atoms. The molecule has 0 N–H and O–H groups in total. The Morgan fingerprint density at radius 1 is 1.25 bits per heavy atom. The molecule has 0 amide bonds. The Labute approximate surface area is 99.2 Å². The van der Waals surface area contributed by atoms with Crippen LogP contribution in [-0.4, -0.2) is 10.8 Å². The van der Waals surface area contributed by atoms with Crippen LogP contribution in [0.2, 0.25) is 0 Å². The molecule has 0 fully saturated rings. The molecule has 0 spiro atoms. The maximum Gasteiger partial charge on any atom is 0.343 e. The molecule has 0 unspecified atom stereocenters. The summed E-state index contributed by atoms with van der Waals surface area (Å²) in [5.41, 5.74) is 0.528. The lowest BCUT2D eigenvalue weighted by atomic mass is 10.1. The van der Waals surface area contributed by atoms with Gasteiger partial charge >= 0.3 is 5.97 Å². The molecule has 0 aliphatic heterocycles. The first-order valence-corrected chi connectivity index (χ1v) is 5.35. The van der Waals surface area contributed by atoms with Gasteiger partial charge in [-0.25, -0.2) is 4.79 Å². The lowest BCUT2D eigenvalue weighted by molar-refractivity contribution is 0.0644. The number of ether oxygens (including phenoxy) is 1. The van der Waals surface area contributed by atoms with Crippen LogP contribution in [0.15, 0.2) is 54.3 Å². The van der Waals surface area contributed by atoms with Crippen molar-refractivity contribution in [3.05, 3.63) is 59.9 Å². The molecule has 0 atom stereocenters. The molecule has 80 valence electrons. The number of carbonyl (C=O) groups excluding carboxylic acids is 1. The van der Waals surface area contributed by atoms with Crippen LogP contribution in [0.25, 0.3) is 0 Å². The standard InChI is InChI=1S/C13H10O2S/c14-13(10-6-2-1-3-7-10)15-11-8-4-5-9-12(11)16/h1-8H,9H2. The Bertz CT molecular complexity index is 472. The van der Waals surface area contributed by atoms with Crippen LogP contribution in [0, 0.1) is 0 Å².